The molecule has 2 rings (SSSR count). The molecule has 1 saturated heterocycles. The summed E-state index contributed by atoms with van der Waals surface area (Å²) in [5.74, 6) is -1.82. The van der Waals surface area contributed by atoms with Crippen LogP contribution >= 0.6 is 43.6 Å². The lowest BCUT2D eigenvalue weighted by atomic mass is 10.1. The predicted molar refractivity (Wildman–Crippen MR) is 94.5 cm³/mol. The molecule has 0 aliphatic carbocycles. The molecule has 7 nitrogen and oxygen atoms in total. The summed E-state index contributed by atoms with van der Waals surface area (Å²) in [5, 5.41) is 19.1. The molecule has 24 heavy (non-hydrogen) atoms. The molecule has 2 amide bonds. The van der Waals surface area contributed by atoms with Gasteiger partial charge in [-0.3, -0.25) is 19.3 Å². The molecule has 2 N–H and O–H groups in total. The molecule has 1 fully saturated rings. The smallest absolute Gasteiger partial charge is 0.326 e. The second-order valence-electron chi connectivity index (χ2n) is 4.53. The fourth-order valence-electron chi connectivity index (χ4n) is 1.84. The van der Waals surface area contributed by atoms with Gasteiger partial charge in [0.2, 0.25) is 0 Å². The number of phenolic OH excluding ortho intramolecular Hbond substituents is 2. The third-order valence-corrected chi connectivity index (χ3v) is 5.21. The zero-order valence-electron chi connectivity index (χ0n) is 12.2. The number of rotatable bonds is 4. The maximum atomic E-state index is 12.3. The summed E-state index contributed by atoms with van der Waals surface area (Å²) in [6.45, 7) is 1.30. The third kappa shape index (κ3) is 3.76. The minimum absolute atomic E-state index is 0.0455. The second-order valence-corrected chi connectivity index (χ2v) is 7.17. The van der Waals surface area contributed by atoms with E-state index in [1.165, 1.54) is 12.1 Å². The van der Waals surface area contributed by atoms with Crippen LogP contribution in [0.5, 0.6) is 11.5 Å². The number of halogens is 2. The summed E-state index contributed by atoms with van der Waals surface area (Å²) in [4.78, 5) is 36.4. The van der Waals surface area contributed by atoms with Gasteiger partial charge in [0.05, 0.1) is 16.0 Å². The van der Waals surface area contributed by atoms with Crippen molar-refractivity contribution in [1.82, 2.24) is 4.90 Å². The topological polar surface area (TPSA) is 104 Å². The van der Waals surface area contributed by atoms with Crippen LogP contribution in [-0.4, -0.2) is 45.4 Å². The number of benzene rings is 1. The van der Waals surface area contributed by atoms with Crippen molar-refractivity contribution in [3.05, 3.63) is 25.5 Å². The Bertz CT molecular complexity index is 764. The van der Waals surface area contributed by atoms with Crippen LogP contribution in [0.15, 0.2) is 19.9 Å². The molecule has 0 radical (unpaired) electrons. The van der Waals surface area contributed by atoms with Crippen LogP contribution in [0.2, 0.25) is 0 Å². The SMILES string of the molecule is CCOC(=O)CN1C(=O)S/C(=C\c2cc(Br)c(O)c(Br)c2O)C1=O. The summed E-state index contributed by atoms with van der Waals surface area (Å²) >= 11 is 6.80. The number of aromatic hydroxyl groups is 2. The van der Waals surface area contributed by atoms with Gasteiger partial charge in [0.1, 0.15) is 22.5 Å². The number of thioether (sulfide) groups is 1. The van der Waals surface area contributed by atoms with Gasteiger partial charge in [-0.15, -0.1) is 0 Å². The maximum absolute atomic E-state index is 12.3. The van der Waals surface area contributed by atoms with Crippen LogP contribution in [0.1, 0.15) is 12.5 Å². The maximum Gasteiger partial charge on any atom is 0.326 e. The Balaban J connectivity index is 2.31. The van der Waals surface area contributed by atoms with E-state index < -0.39 is 23.7 Å². The van der Waals surface area contributed by atoms with Crippen molar-refractivity contribution in [1.29, 1.82) is 0 Å². The second kappa shape index (κ2) is 7.58. The van der Waals surface area contributed by atoms with Gasteiger partial charge < -0.3 is 14.9 Å². The van der Waals surface area contributed by atoms with Crippen molar-refractivity contribution in [3.8, 4) is 11.5 Å². The van der Waals surface area contributed by atoms with E-state index in [2.05, 4.69) is 31.9 Å². The highest BCUT2D eigenvalue weighted by Crippen LogP contribution is 2.43. The molecule has 0 unspecified atom stereocenters. The van der Waals surface area contributed by atoms with Gasteiger partial charge in [0.25, 0.3) is 11.1 Å². The zero-order chi connectivity index (χ0) is 18.0. The number of phenols is 2. The van der Waals surface area contributed by atoms with Crippen LogP contribution in [0.25, 0.3) is 6.08 Å². The molecular formula is C14H11Br2NO6S. The molecule has 128 valence electrons. The Kier molecular flexibility index (Phi) is 5.94. The van der Waals surface area contributed by atoms with E-state index in [-0.39, 0.29) is 33.0 Å². The average molecular weight is 481 g/mol. The molecule has 1 aromatic rings. The Morgan fingerprint density at radius 1 is 1.33 bits per heavy atom. The molecule has 0 saturated carbocycles. The fraction of sp³-hybridized carbons (Fsp3) is 0.214. The molecule has 0 bridgehead atoms. The first-order chi connectivity index (χ1) is 11.3. The lowest BCUT2D eigenvalue weighted by Crippen LogP contribution is -2.34. The van der Waals surface area contributed by atoms with E-state index in [4.69, 9.17) is 4.74 Å². The molecule has 1 aromatic carbocycles. The first-order valence-corrected chi connectivity index (χ1v) is 8.97. The van der Waals surface area contributed by atoms with E-state index in [0.717, 1.165) is 4.90 Å². The molecule has 0 spiro atoms. The van der Waals surface area contributed by atoms with Crippen molar-refractivity contribution >= 4 is 66.8 Å². The van der Waals surface area contributed by atoms with Crippen LogP contribution in [0.3, 0.4) is 0 Å². The molecule has 1 aliphatic heterocycles. The van der Waals surface area contributed by atoms with Gasteiger partial charge in [0.15, 0.2) is 0 Å². The number of ether oxygens (including phenoxy) is 1. The fourth-order valence-corrected chi connectivity index (χ4v) is 3.82. The molecule has 10 heteroatoms. The quantitative estimate of drug-likeness (QED) is 0.503. The van der Waals surface area contributed by atoms with Crippen molar-refractivity contribution in [2.45, 2.75) is 6.92 Å². The first kappa shape index (κ1) is 18.8. The number of carbonyl (C=O) groups is 3. The molecule has 0 aromatic heterocycles. The van der Waals surface area contributed by atoms with Crippen LogP contribution in [-0.2, 0) is 14.3 Å². The molecule has 1 aliphatic rings. The average Bonchev–Trinajstić information content (AvgIpc) is 2.78. The van der Waals surface area contributed by atoms with Gasteiger partial charge in [-0.1, -0.05) is 0 Å². The van der Waals surface area contributed by atoms with E-state index in [1.807, 2.05) is 0 Å². The van der Waals surface area contributed by atoms with E-state index in [9.17, 15) is 24.6 Å². The monoisotopic (exact) mass is 479 g/mol. The van der Waals surface area contributed by atoms with E-state index >= 15 is 0 Å². The van der Waals surface area contributed by atoms with Crippen molar-refractivity contribution in [3.63, 3.8) is 0 Å². The number of hydrogen-bond donors (Lipinski definition) is 2. The van der Waals surface area contributed by atoms with Crippen molar-refractivity contribution < 1.29 is 29.3 Å². The van der Waals surface area contributed by atoms with Gasteiger partial charge in [-0.25, -0.2) is 0 Å². The predicted octanol–water partition coefficient (Wildman–Crippen LogP) is 3.22. The Morgan fingerprint density at radius 2 is 2.00 bits per heavy atom. The Hall–Kier alpha value is -1.52. The molecule has 1 heterocycles. The highest BCUT2D eigenvalue weighted by Gasteiger charge is 2.36. The standard InChI is InChI=1S/C14H11Br2NO6S/c1-2-23-9(18)5-17-13(21)8(24-14(17)22)4-6-3-7(15)12(20)10(16)11(6)19/h3-4,19-20H,2,5H2,1H3/b8-4-. The molecule has 0 atom stereocenters. The third-order valence-electron chi connectivity index (χ3n) is 2.95. The lowest BCUT2D eigenvalue weighted by molar-refractivity contribution is -0.145. The zero-order valence-corrected chi connectivity index (χ0v) is 16.2. The van der Waals surface area contributed by atoms with Crippen LogP contribution < -0.4 is 0 Å². The van der Waals surface area contributed by atoms with E-state index in [1.54, 1.807) is 6.92 Å². The van der Waals surface area contributed by atoms with E-state index in [0.29, 0.717) is 16.2 Å². The van der Waals surface area contributed by atoms with Gasteiger partial charge in [-0.05, 0) is 62.7 Å². The minimum Gasteiger partial charge on any atom is -0.506 e. The highest BCUT2D eigenvalue weighted by molar-refractivity contribution is 9.11. The van der Waals surface area contributed by atoms with Crippen molar-refractivity contribution in [2.24, 2.45) is 0 Å². The largest absolute Gasteiger partial charge is 0.506 e. The number of carbonyl (C=O) groups excluding carboxylic acids is 3. The van der Waals surface area contributed by atoms with Gasteiger partial charge >= 0.3 is 5.97 Å². The highest BCUT2D eigenvalue weighted by atomic mass is 79.9. The summed E-state index contributed by atoms with van der Waals surface area (Å²) in [6.07, 6.45) is 1.31. The Morgan fingerprint density at radius 3 is 2.62 bits per heavy atom. The van der Waals surface area contributed by atoms with Gasteiger partial charge in [0, 0.05) is 5.56 Å². The number of amides is 2. The normalized spacial score (nSPS) is 16.1. The van der Waals surface area contributed by atoms with Gasteiger partial charge in [-0.2, -0.15) is 0 Å². The Labute approximate surface area is 157 Å². The lowest BCUT2D eigenvalue weighted by Gasteiger charge is -2.11. The first-order valence-electron chi connectivity index (χ1n) is 6.57. The van der Waals surface area contributed by atoms with Crippen LogP contribution in [0, 0.1) is 0 Å². The number of hydrogen-bond acceptors (Lipinski definition) is 7. The summed E-state index contributed by atoms with van der Waals surface area (Å²) in [7, 11) is 0. The number of nitrogens with zero attached hydrogens (tertiary/aromatic N) is 1. The number of esters is 1. The van der Waals surface area contributed by atoms with Crippen molar-refractivity contribution in [2.75, 3.05) is 13.2 Å². The minimum atomic E-state index is -0.681. The summed E-state index contributed by atoms with van der Waals surface area (Å²) < 4.78 is 5.07. The molecular weight excluding hydrogens is 470 g/mol. The van der Waals surface area contributed by atoms with Crippen LogP contribution in [0.4, 0.5) is 4.79 Å². The number of imide groups is 1. The summed E-state index contributed by atoms with van der Waals surface area (Å²) in [5.41, 5.74) is 0.216. The summed E-state index contributed by atoms with van der Waals surface area (Å²) in [6, 6.07) is 1.40.